The fourth-order valence-corrected chi connectivity index (χ4v) is 2.39. The van der Waals surface area contributed by atoms with Crippen molar-refractivity contribution in [2.75, 3.05) is 27.3 Å². The number of thioether (sulfide) groups is 1. The van der Waals surface area contributed by atoms with E-state index in [1.54, 1.807) is 0 Å². The van der Waals surface area contributed by atoms with Crippen LogP contribution >= 0.6 is 24.0 Å². The quantitative estimate of drug-likeness (QED) is 0.186. The van der Waals surface area contributed by atoms with Gasteiger partial charge in [-0.3, -0.25) is 0 Å². The number of carbonyl (C=O) groups excluding carboxylic acids is 1. The molecule has 0 amide bonds. The van der Waals surface area contributed by atoms with Gasteiger partial charge in [0, 0.05) is 13.1 Å². The van der Waals surface area contributed by atoms with Crippen LogP contribution in [0.1, 0.15) is 13.8 Å². The first kappa shape index (κ1) is 20.4. The molecule has 0 unspecified atom stereocenters. The molecule has 0 aliphatic carbocycles. The first-order valence-electron chi connectivity index (χ1n) is 5.02. The van der Waals surface area contributed by atoms with Crippen molar-refractivity contribution in [2.45, 2.75) is 13.8 Å². The maximum absolute atomic E-state index is 11.4. The molecule has 0 radical (unpaired) electrons. The summed E-state index contributed by atoms with van der Waals surface area (Å²) in [6.07, 6.45) is 0. The van der Waals surface area contributed by atoms with Crippen molar-refractivity contribution < 1.29 is 48.9 Å². The summed E-state index contributed by atoms with van der Waals surface area (Å²) in [5.41, 5.74) is 0. The van der Waals surface area contributed by atoms with Gasteiger partial charge in [0.05, 0.1) is 13.1 Å². The van der Waals surface area contributed by atoms with Crippen LogP contribution in [0.15, 0.2) is 10.9 Å². The number of thiocarbonyl (C=S) groups is 1. The maximum atomic E-state index is 11.4. The van der Waals surface area contributed by atoms with E-state index in [0.29, 0.717) is 17.4 Å². The van der Waals surface area contributed by atoms with Crippen molar-refractivity contribution in [1.29, 1.82) is 0 Å². The zero-order valence-electron chi connectivity index (χ0n) is 11.3. The van der Waals surface area contributed by atoms with Crippen molar-refractivity contribution >= 4 is 34.3 Å². The molecule has 8 heteroatoms. The van der Waals surface area contributed by atoms with Crippen LogP contribution in [0, 0.1) is 0 Å². The molecule has 0 heterocycles. The van der Waals surface area contributed by atoms with Crippen molar-refractivity contribution in [3.63, 3.8) is 0 Å². The maximum Gasteiger partial charge on any atom is 1.00 e. The molecule has 0 saturated heterocycles. The molecule has 98 valence electrons. The van der Waals surface area contributed by atoms with Crippen LogP contribution in [0.3, 0.4) is 0 Å². The van der Waals surface area contributed by atoms with Crippen molar-refractivity contribution in [3.05, 3.63) is 10.9 Å². The molecule has 0 aliphatic rings. The minimum atomic E-state index is -0.739. The average molecular weight is 301 g/mol. The molecule has 0 rings (SSSR count). The number of hydrogen-bond donors (Lipinski definition) is 0. The Balaban J connectivity index is 0. The smallest absolute Gasteiger partial charge is 0.616 e. The van der Waals surface area contributed by atoms with Crippen LogP contribution < -0.4 is 34.7 Å². The van der Waals surface area contributed by atoms with E-state index in [1.807, 2.05) is 18.7 Å². The third-order valence-electron chi connectivity index (χ3n) is 1.95. The normalized spacial score (nSPS) is 10.9. The topological polar surface area (TPSA) is 61.8 Å². The Morgan fingerprint density at radius 2 is 1.78 bits per heavy atom. The van der Waals surface area contributed by atoms with Gasteiger partial charge in [0.15, 0.2) is 0 Å². The molecule has 0 N–H and O–H groups in total. The second kappa shape index (κ2) is 10.9. The van der Waals surface area contributed by atoms with E-state index in [2.05, 4.69) is 9.47 Å². The summed E-state index contributed by atoms with van der Waals surface area (Å²) in [7, 11) is 2.40. The molecular formula is C10H16NNaO4S2. The second-order valence-corrected chi connectivity index (χ2v) is 4.50. The van der Waals surface area contributed by atoms with Gasteiger partial charge in [0.1, 0.15) is 9.23 Å². The largest absolute Gasteiger partial charge is 1.00 e. The molecule has 0 saturated carbocycles. The molecule has 0 atom stereocenters. The monoisotopic (exact) mass is 301 g/mol. The average Bonchev–Trinajstić information content (AvgIpc) is 2.35. The van der Waals surface area contributed by atoms with Gasteiger partial charge >= 0.3 is 35.5 Å². The summed E-state index contributed by atoms with van der Waals surface area (Å²) in [5, 5.41) is 11.4. The molecule has 5 nitrogen and oxygen atoms in total. The number of esters is 1. The van der Waals surface area contributed by atoms with E-state index in [9.17, 15) is 9.90 Å². The van der Waals surface area contributed by atoms with Gasteiger partial charge in [0.2, 0.25) is 0 Å². The Bertz CT molecular complexity index is 319. The third-order valence-corrected chi connectivity index (χ3v) is 3.43. The van der Waals surface area contributed by atoms with Crippen molar-refractivity contribution in [1.82, 2.24) is 4.90 Å². The summed E-state index contributed by atoms with van der Waals surface area (Å²) in [4.78, 5) is 13.1. The fraction of sp³-hybridized carbons (Fsp3) is 0.600. The van der Waals surface area contributed by atoms with Crippen LogP contribution in [0.2, 0.25) is 0 Å². The molecule has 0 aromatic carbocycles. The Morgan fingerprint density at radius 3 is 2.11 bits per heavy atom. The van der Waals surface area contributed by atoms with E-state index in [0.717, 1.165) is 11.8 Å². The van der Waals surface area contributed by atoms with E-state index in [1.165, 1.54) is 14.2 Å². The summed E-state index contributed by atoms with van der Waals surface area (Å²) in [6, 6.07) is 0. The number of ether oxygens (including phenoxy) is 2. The van der Waals surface area contributed by atoms with E-state index in [4.69, 9.17) is 12.2 Å². The van der Waals surface area contributed by atoms with Crippen LogP contribution in [0.4, 0.5) is 0 Å². The summed E-state index contributed by atoms with van der Waals surface area (Å²) < 4.78 is 9.46. The minimum absolute atomic E-state index is 0. The van der Waals surface area contributed by atoms with Gasteiger partial charge in [-0.2, -0.15) is 0 Å². The summed E-state index contributed by atoms with van der Waals surface area (Å²) >= 11 is 6.03. The molecule has 0 aromatic heterocycles. The summed E-state index contributed by atoms with van der Waals surface area (Å²) in [5.74, 6) is -1.48. The number of nitrogens with zero attached hydrogens (tertiary/aromatic N) is 1. The van der Waals surface area contributed by atoms with Crippen molar-refractivity contribution in [3.8, 4) is 0 Å². The Hall–Kier alpha value is 0.0500. The van der Waals surface area contributed by atoms with E-state index < -0.39 is 11.9 Å². The standard InChI is InChI=1S/C10H17NO4S2.Na/c1-5-11(6-2)10(16)17-7(8(12)14-3)9(13)15-4;/h12H,5-6H2,1-4H3;/q;+1/p-1/b8-7+;. The molecular weight excluding hydrogens is 285 g/mol. The van der Waals surface area contributed by atoms with E-state index >= 15 is 0 Å². The van der Waals surface area contributed by atoms with Gasteiger partial charge in [0.25, 0.3) is 0 Å². The van der Waals surface area contributed by atoms with Crippen LogP contribution in [0.25, 0.3) is 0 Å². The minimum Gasteiger partial charge on any atom is -0.616 e. The first-order valence-corrected chi connectivity index (χ1v) is 6.24. The van der Waals surface area contributed by atoms with Gasteiger partial charge in [-0.15, -0.1) is 0 Å². The molecule has 18 heavy (non-hydrogen) atoms. The molecule has 0 aromatic rings. The Labute approximate surface area is 139 Å². The fourth-order valence-electron chi connectivity index (χ4n) is 0.986. The van der Waals surface area contributed by atoms with Gasteiger partial charge in [-0.1, -0.05) is 24.0 Å². The van der Waals surface area contributed by atoms with Crippen LogP contribution in [-0.4, -0.2) is 42.5 Å². The van der Waals surface area contributed by atoms with Gasteiger partial charge in [-0.25, -0.2) is 4.79 Å². The predicted molar refractivity (Wildman–Crippen MR) is 69.2 cm³/mol. The second-order valence-electron chi connectivity index (χ2n) is 2.85. The molecule has 0 bridgehead atoms. The molecule has 0 spiro atoms. The Kier molecular flexibility index (Phi) is 12.4. The summed E-state index contributed by atoms with van der Waals surface area (Å²) in [6.45, 7) is 5.29. The predicted octanol–water partition coefficient (Wildman–Crippen LogP) is -2.30. The van der Waals surface area contributed by atoms with Crippen molar-refractivity contribution in [2.24, 2.45) is 0 Å². The molecule has 0 fully saturated rings. The number of rotatable bonds is 5. The SMILES string of the molecule is CCN(CC)C(=S)S/C(C(=O)OC)=C(\[O-])OC.[Na+]. The van der Waals surface area contributed by atoms with E-state index in [-0.39, 0.29) is 34.5 Å². The Morgan fingerprint density at radius 1 is 1.28 bits per heavy atom. The zero-order valence-corrected chi connectivity index (χ0v) is 14.9. The third kappa shape index (κ3) is 6.29. The van der Waals surface area contributed by atoms with Crippen LogP contribution in [-0.2, 0) is 14.3 Å². The van der Waals surface area contributed by atoms with Crippen LogP contribution in [0.5, 0.6) is 0 Å². The number of methoxy groups -OCH3 is 2. The number of hydrogen-bond acceptors (Lipinski definition) is 6. The van der Waals surface area contributed by atoms with Gasteiger partial charge in [-0.05, 0) is 21.0 Å². The number of carbonyl (C=O) groups is 1. The van der Waals surface area contributed by atoms with Gasteiger partial charge < -0.3 is 19.5 Å². The zero-order chi connectivity index (χ0) is 13.4. The first-order chi connectivity index (χ1) is 8.01. The molecule has 0 aliphatic heterocycles.